The number of aromatic nitrogens is 4. The normalized spacial score (nSPS) is 10.1. The summed E-state index contributed by atoms with van der Waals surface area (Å²) in [7, 11) is 0. The summed E-state index contributed by atoms with van der Waals surface area (Å²) in [5.74, 6) is 0.909. The van der Waals surface area contributed by atoms with Crippen LogP contribution in [-0.2, 0) is 6.42 Å². The van der Waals surface area contributed by atoms with E-state index >= 15 is 0 Å². The van der Waals surface area contributed by atoms with Crippen molar-refractivity contribution in [3.05, 3.63) is 12.2 Å². The standard InChI is InChI=1S/C7H6N6/c8-2-1-4-12-5-6(9)10-3-11-7(5)13-4/h3H,1H2,(H3,9,10,11,12,13). The van der Waals surface area contributed by atoms with E-state index in [4.69, 9.17) is 11.0 Å². The molecule has 2 rings (SSSR count). The van der Waals surface area contributed by atoms with Crippen molar-refractivity contribution in [2.45, 2.75) is 6.42 Å². The molecular formula is C7H6N6. The van der Waals surface area contributed by atoms with Gasteiger partial charge in [0.05, 0.1) is 12.5 Å². The van der Waals surface area contributed by atoms with E-state index in [-0.39, 0.29) is 6.42 Å². The number of fused-ring (bicyclic) bond motifs is 1. The molecule has 0 amide bonds. The summed E-state index contributed by atoms with van der Waals surface area (Å²) in [5, 5.41) is 8.44. The average Bonchev–Trinajstić information content (AvgIpc) is 2.49. The summed E-state index contributed by atoms with van der Waals surface area (Å²) in [6.07, 6.45) is 1.56. The summed E-state index contributed by atoms with van der Waals surface area (Å²) in [6.45, 7) is 0. The molecule has 0 spiro atoms. The maximum absolute atomic E-state index is 8.44. The van der Waals surface area contributed by atoms with Gasteiger partial charge < -0.3 is 10.7 Å². The van der Waals surface area contributed by atoms with Gasteiger partial charge in [-0.3, -0.25) is 0 Å². The number of nitrogens with two attached hydrogens (primary N) is 1. The third-order valence-corrected chi connectivity index (χ3v) is 1.61. The molecule has 0 unspecified atom stereocenters. The number of aromatic amines is 1. The Hall–Kier alpha value is -2.16. The minimum atomic E-state index is 0.218. The van der Waals surface area contributed by atoms with Crippen molar-refractivity contribution in [2.24, 2.45) is 0 Å². The predicted molar refractivity (Wildman–Crippen MR) is 45.4 cm³/mol. The van der Waals surface area contributed by atoms with Crippen molar-refractivity contribution in [1.29, 1.82) is 5.26 Å². The van der Waals surface area contributed by atoms with Gasteiger partial charge in [-0.05, 0) is 0 Å². The van der Waals surface area contributed by atoms with E-state index in [1.807, 2.05) is 6.07 Å². The molecule has 0 fully saturated rings. The molecule has 0 radical (unpaired) electrons. The first-order valence-corrected chi connectivity index (χ1v) is 3.63. The van der Waals surface area contributed by atoms with Crippen molar-refractivity contribution in [1.82, 2.24) is 19.9 Å². The van der Waals surface area contributed by atoms with Crippen LogP contribution in [-0.4, -0.2) is 19.9 Å². The number of hydrogen-bond acceptors (Lipinski definition) is 5. The van der Waals surface area contributed by atoms with Gasteiger partial charge in [0, 0.05) is 0 Å². The first-order chi connectivity index (χ1) is 6.31. The van der Waals surface area contributed by atoms with Crippen LogP contribution in [0.2, 0.25) is 0 Å². The Morgan fingerprint density at radius 2 is 2.38 bits per heavy atom. The van der Waals surface area contributed by atoms with Crippen molar-refractivity contribution < 1.29 is 0 Å². The van der Waals surface area contributed by atoms with Crippen LogP contribution in [0.3, 0.4) is 0 Å². The van der Waals surface area contributed by atoms with E-state index in [1.54, 1.807) is 0 Å². The van der Waals surface area contributed by atoms with Crippen LogP contribution in [0.25, 0.3) is 11.2 Å². The van der Waals surface area contributed by atoms with E-state index in [0.29, 0.717) is 22.8 Å². The molecule has 64 valence electrons. The third kappa shape index (κ3) is 1.16. The minimum Gasteiger partial charge on any atom is -0.382 e. The Morgan fingerprint density at radius 1 is 1.54 bits per heavy atom. The second kappa shape index (κ2) is 2.71. The molecule has 3 N–H and O–H groups in total. The number of H-pyrrole nitrogens is 1. The highest BCUT2D eigenvalue weighted by Crippen LogP contribution is 2.12. The number of imidazole rings is 1. The zero-order valence-corrected chi connectivity index (χ0v) is 6.65. The van der Waals surface area contributed by atoms with Crippen LogP contribution < -0.4 is 5.73 Å². The lowest BCUT2D eigenvalue weighted by Crippen LogP contribution is -1.91. The van der Waals surface area contributed by atoms with Crippen molar-refractivity contribution >= 4 is 17.0 Å². The molecule has 0 saturated carbocycles. The van der Waals surface area contributed by atoms with Gasteiger partial charge in [0.25, 0.3) is 0 Å². The van der Waals surface area contributed by atoms with Crippen molar-refractivity contribution in [3.63, 3.8) is 0 Å². The number of hydrogen-bond donors (Lipinski definition) is 2. The summed E-state index contributed by atoms with van der Waals surface area (Å²) < 4.78 is 0. The SMILES string of the molecule is N#CCc1nc2ncnc(N)c2[nH]1. The van der Waals surface area contributed by atoms with E-state index in [0.717, 1.165) is 0 Å². The van der Waals surface area contributed by atoms with Gasteiger partial charge in [0.15, 0.2) is 11.5 Å². The molecule has 0 saturated heterocycles. The van der Waals surface area contributed by atoms with Crippen LogP contribution in [0.5, 0.6) is 0 Å². The van der Waals surface area contributed by atoms with Crippen LogP contribution in [0.15, 0.2) is 6.33 Å². The van der Waals surface area contributed by atoms with Crippen LogP contribution in [0.1, 0.15) is 5.82 Å². The predicted octanol–water partition coefficient (Wildman–Crippen LogP) is 0.00118. The molecule has 0 aromatic carbocycles. The summed E-state index contributed by atoms with van der Waals surface area (Å²) in [4.78, 5) is 14.6. The molecule has 2 heterocycles. The topological polar surface area (TPSA) is 104 Å². The average molecular weight is 174 g/mol. The fourth-order valence-electron chi connectivity index (χ4n) is 1.05. The summed E-state index contributed by atoms with van der Waals surface area (Å²) in [6, 6.07) is 1.98. The Bertz CT molecular complexity index is 479. The fourth-order valence-corrected chi connectivity index (χ4v) is 1.05. The smallest absolute Gasteiger partial charge is 0.183 e. The maximum Gasteiger partial charge on any atom is 0.183 e. The third-order valence-electron chi connectivity index (χ3n) is 1.61. The summed E-state index contributed by atoms with van der Waals surface area (Å²) >= 11 is 0. The molecule has 2 aromatic rings. The van der Waals surface area contributed by atoms with Gasteiger partial charge in [-0.1, -0.05) is 0 Å². The molecule has 0 aliphatic heterocycles. The van der Waals surface area contributed by atoms with Crippen LogP contribution in [0.4, 0.5) is 5.82 Å². The lowest BCUT2D eigenvalue weighted by molar-refractivity contribution is 1.07. The quantitative estimate of drug-likeness (QED) is 0.633. The van der Waals surface area contributed by atoms with Gasteiger partial charge in [0.1, 0.15) is 17.7 Å². The van der Waals surface area contributed by atoms with Gasteiger partial charge in [-0.25, -0.2) is 15.0 Å². The highest BCUT2D eigenvalue weighted by molar-refractivity contribution is 5.80. The van der Waals surface area contributed by atoms with E-state index in [2.05, 4.69) is 19.9 Å². The molecule has 0 atom stereocenters. The van der Waals surface area contributed by atoms with E-state index in [9.17, 15) is 0 Å². The lowest BCUT2D eigenvalue weighted by Gasteiger charge is -1.89. The zero-order chi connectivity index (χ0) is 9.26. The number of nitrogens with one attached hydrogen (secondary N) is 1. The molecule has 0 bridgehead atoms. The van der Waals surface area contributed by atoms with Gasteiger partial charge in [0.2, 0.25) is 0 Å². The summed E-state index contributed by atoms with van der Waals surface area (Å²) in [5.41, 5.74) is 6.65. The first-order valence-electron chi connectivity index (χ1n) is 3.63. The number of nitriles is 1. The number of rotatable bonds is 1. The zero-order valence-electron chi connectivity index (χ0n) is 6.65. The van der Waals surface area contributed by atoms with Crippen molar-refractivity contribution in [3.8, 4) is 6.07 Å². The lowest BCUT2D eigenvalue weighted by atomic mass is 10.5. The van der Waals surface area contributed by atoms with Gasteiger partial charge in [-0.2, -0.15) is 5.26 Å². The molecule has 2 aromatic heterocycles. The van der Waals surface area contributed by atoms with Crippen molar-refractivity contribution in [2.75, 3.05) is 5.73 Å². The first kappa shape index (κ1) is 7.49. The highest BCUT2D eigenvalue weighted by atomic mass is 15.0. The molecular weight excluding hydrogens is 168 g/mol. The minimum absolute atomic E-state index is 0.218. The molecule has 6 nitrogen and oxygen atoms in total. The molecule has 13 heavy (non-hydrogen) atoms. The Kier molecular flexibility index (Phi) is 1.56. The fraction of sp³-hybridized carbons (Fsp3) is 0.143. The number of nitrogen functional groups attached to an aromatic ring is 1. The molecule has 0 aliphatic rings. The van der Waals surface area contributed by atoms with Crippen LogP contribution >= 0.6 is 0 Å². The Balaban J connectivity index is 2.63. The van der Waals surface area contributed by atoms with Gasteiger partial charge in [-0.15, -0.1) is 0 Å². The number of nitrogens with zero attached hydrogens (tertiary/aromatic N) is 4. The van der Waals surface area contributed by atoms with E-state index in [1.165, 1.54) is 6.33 Å². The second-order valence-electron chi connectivity index (χ2n) is 2.48. The molecule has 0 aliphatic carbocycles. The Labute approximate surface area is 73.4 Å². The number of anilines is 1. The molecule has 6 heteroatoms. The monoisotopic (exact) mass is 174 g/mol. The highest BCUT2D eigenvalue weighted by Gasteiger charge is 2.05. The maximum atomic E-state index is 8.44. The largest absolute Gasteiger partial charge is 0.382 e. The Morgan fingerprint density at radius 3 is 3.08 bits per heavy atom. The van der Waals surface area contributed by atoms with Gasteiger partial charge >= 0.3 is 0 Å². The second-order valence-corrected chi connectivity index (χ2v) is 2.48. The van der Waals surface area contributed by atoms with Crippen LogP contribution in [0, 0.1) is 11.3 Å². The van der Waals surface area contributed by atoms with E-state index < -0.39 is 0 Å².